The van der Waals surface area contributed by atoms with Crippen molar-refractivity contribution < 1.29 is 0 Å². The van der Waals surface area contributed by atoms with Crippen molar-refractivity contribution in [1.29, 1.82) is 0 Å². The van der Waals surface area contributed by atoms with Crippen LogP contribution in [0.5, 0.6) is 0 Å². The van der Waals surface area contributed by atoms with Crippen molar-refractivity contribution in [3.63, 3.8) is 0 Å². The average molecular weight is 231 g/mol. The van der Waals surface area contributed by atoms with Gasteiger partial charge in [-0.3, -0.25) is 0 Å². The van der Waals surface area contributed by atoms with Crippen LogP contribution in [0.25, 0.3) is 0 Å². The SMILES string of the molecule is CCc1ccc(CC2(N)CCC(C)CC2)cc1. The minimum absolute atomic E-state index is 0.0558. The molecule has 1 saturated carbocycles. The van der Waals surface area contributed by atoms with E-state index < -0.39 is 0 Å². The van der Waals surface area contributed by atoms with Gasteiger partial charge >= 0.3 is 0 Å². The Morgan fingerprint density at radius 3 is 2.18 bits per heavy atom. The molecule has 0 heterocycles. The fraction of sp³-hybridized carbons (Fsp3) is 0.625. The van der Waals surface area contributed by atoms with E-state index in [0.29, 0.717) is 0 Å². The molecule has 0 aromatic heterocycles. The maximum Gasteiger partial charge on any atom is 0.0195 e. The van der Waals surface area contributed by atoms with Crippen molar-refractivity contribution in [2.45, 2.75) is 57.9 Å². The van der Waals surface area contributed by atoms with Crippen LogP contribution in [0.3, 0.4) is 0 Å². The van der Waals surface area contributed by atoms with E-state index in [1.807, 2.05) is 0 Å². The lowest BCUT2D eigenvalue weighted by Crippen LogP contribution is -2.45. The Morgan fingerprint density at radius 2 is 1.65 bits per heavy atom. The summed E-state index contributed by atoms with van der Waals surface area (Å²) in [6.45, 7) is 4.54. The Morgan fingerprint density at radius 1 is 1.12 bits per heavy atom. The monoisotopic (exact) mass is 231 g/mol. The standard InChI is InChI=1S/C16H25N/c1-3-14-4-6-15(7-5-14)12-16(17)10-8-13(2)9-11-16/h4-7,13H,3,8-12,17H2,1-2H3. The van der Waals surface area contributed by atoms with Crippen molar-refractivity contribution >= 4 is 0 Å². The quantitative estimate of drug-likeness (QED) is 0.843. The molecule has 0 unspecified atom stereocenters. The van der Waals surface area contributed by atoms with Crippen LogP contribution >= 0.6 is 0 Å². The highest BCUT2D eigenvalue weighted by atomic mass is 14.7. The zero-order valence-electron chi connectivity index (χ0n) is 11.2. The predicted octanol–water partition coefficient (Wildman–Crippen LogP) is 3.70. The van der Waals surface area contributed by atoms with E-state index in [0.717, 1.165) is 18.8 Å². The molecule has 17 heavy (non-hydrogen) atoms. The van der Waals surface area contributed by atoms with E-state index >= 15 is 0 Å². The molecule has 2 rings (SSSR count). The number of aryl methyl sites for hydroxylation is 1. The molecule has 94 valence electrons. The Balaban J connectivity index is 1.99. The third-order valence-corrected chi connectivity index (χ3v) is 4.26. The van der Waals surface area contributed by atoms with E-state index in [1.165, 1.54) is 36.8 Å². The van der Waals surface area contributed by atoms with Gasteiger partial charge in [-0.2, -0.15) is 0 Å². The molecular formula is C16H25N. The Bertz CT molecular complexity index is 344. The summed E-state index contributed by atoms with van der Waals surface area (Å²) < 4.78 is 0. The van der Waals surface area contributed by atoms with Crippen LogP contribution in [0.4, 0.5) is 0 Å². The molecule has 1 aromatic carbocycles. The van der Waals surface area contributed by atoms with Crippen LogP contribution < -0.4 is 5.73 Å². The lowest BCUT2D eigenvalue weighted by atomic mass is 9.74. The highest BCUT2D eigenvalue weighted by molar-refractivity contribution is 5.24. The second-order valence-corrected chi connectivity index (χ2v) is 5.89. The first-order valence-electron chi connectivity index (χ1n) is 6.98. The normalized spacial score (nSPS) is 29.2. The lowest BCUT2D eigenvalue weighted by molar-refractivity contribution is 0.243. The molecule has 1 heteroatoms. The Hall–Kier alpha value is -0.820. The molecule has 2 N–H and O–H groups in total. The van der Waals surface area contributed by atoms with Crippen LogP contribution in [-0.4, -0.2) is 5.54 Å². The number of hydrogen-bond donors (Lipinski definition) is 1. The average Bonchev–Trinajstić information content (AvgIpc) is 2.34. The zero-order valence-corrected chi connectivity index (χ0v) is 11.2. The molecule has 1 aromatic rings. The van der Waals surface area contributed by atoms with Crippen LogP contribution in [0, 0.1) is 5.92 Å². The van der Waals surface area contributed by atoms with E-state index in [2.05, 4.69) is 38.1 Å². The summed E-state index contributed by atoms with van der Waals surface area (Å²) in [4.78, 5) is 0. The lowest BCUT2D eigenvalue weighted by Gasteiger charge is -2.36. The molecule has 0 atom stereocenters. The van der Waals surface area contributed by atoms with Gasteiger partial charge in [0.2, 0.25) is 0 Å². The van der Waals surface area contributed by atoms with E-state index in [1.54, 1.807) is 0 Å². The predicted molar refractivity (Wildman–Crippen MR) is 74.1 cm³/mol. The number of rotatable bonds is 3. The minimum Gasteiger partial charge on any atom is -0.325 e. The second kappa shape index (κ2) is 5.22. The Labute approximate surface area is 105 Å². The summed E-state index contributed by atoms with van der Waals surface area (Å²) in [5.74, 6) is 0.870. The van der Waals surface area contributed by atoms with Gasteiger partial charge in [0.25, 0.3) is 0 Å². The first kappa shape index (κ1) is 12.6. The van der Waals surface area contributed by atoms with Crippen molar-refractivity contribution in [2.24, 2.45) is 11.7 Å². The van der Waals surface area contributed by atoms with Gasteiger partial charge < -0.3 is 5.73 Å². The molecule has 1 fully saturated rings. The summed E-state index contributed by atoms with van der Waals surface area (Å²) in [6.07, 6.45) is 7.12. The summed E-state index contributed by atoms with van der Waals surface area (Å²) in [5.41, 5.74) is 9.40. The number of benzene rings is 1. The molecular weight excluding hydrogens is 206 g/mol. The van der Waals surface area contributed by atoms with Gasteiger partial charge in [-0.15, -0.1) is 0 Å². The van der Waals surface area contributed by atoms with Gasteiger partial charge in [0, 0.05) is 5.54 Å². The second-order valence-electron chi connectivity index (χ2n) is 5.89. The fourth-order valence-corrected chi connectivity index (χ4v) is 2.81. The van der Waals surface area contributed by atoms with Crippen LogP contribution in [0.15, 0.2) is 24.3 Å². The largest absolute Gasteiger partial charge is 0.325 e. The first-order valence-corrected chi connectivity index (χ1v) is 6.98. The summed E-state index contributed by atoms with van der Waals surface area (Å²) in [7, 11) is 0. The molecule has 1 aliphatic rings. The van der Waals surface area contributed by atoms with E-state index in [9.17, 15) is 0 Å². The van der Waals surface area contributed by atoms with Gasteiger partial charge in [0.05, 0.1) is 0 Å². The molecule has 1 nitrogen and oxygen atoms in total. The maximum atomic E-state index is 6.52. The summed E-state index contributed by atoms with van der Waals surface area (Å²) >= 11 is 0. The summed E-state index contributed by atoms with van der Waals surface area (Å²) in [5, 5.41) is 0. The molecule has 0 aliphatic heterocycles. The van der Waals surface area contributed by atoms with Gasteiger partial charge in [-0.05, 0) is 55.6 Å². The van der Waals surface area contributed by atoms with Gasteiger partial charge in [0.15, 0.2) is 0 Å². The zero-order chi connectivity index (χ0) is 12.3. The van der Waals surface area contributed by atoms with Crippen molar-refractivity contribution in [3.05, 3.63) is 35.4 Å². The first-order chi connectivity index (χ1) is 8.11. The molecule has 0 bridgehead atoms. The molecule has 0 saturated heterocycles. The molecule has 0 amide bonds. The van der Waals surface area contributed by atoms with Gasteiger partial charge in [0.1, 0.15) is 0 Å². The number of nitrogens with two attached hydrogens (primary N) is 1. The fourth-order valence-electron chi connectivity index (χ4n) is 2.81. The topological polar surface area (TPSA) is 26.0 Å². The highest BCUT2D eigenvalue weighted by Gasteiger charge is 2.30. The van der Waals surface area contributed by atoms with Crippen LogP contribution in [-0.2, 0) is 12.8 Å². The third kappa shape index (κ3) is 3.32. The van der Waals surface area contributed by atoms with E-state index in [4.69, 9.17) is 5.73 Å². The van der Waals surface area contributed by atoms with Crippen molar-refractivity contribution in [3.8, 4) is 0 Å². The minimum atomic E-state index is 0.0558. The van der Waals surface area contributed by atoms with Gasteiger partial charge in [-0.25, -0.2) is 0 Å². The van der Waals surface area contributed by atoms with Crippen molar-refractivity contribution in [1.82, 2.24) is 0 Å². The highest BCUT2D eigenvalue weighted by Crippen LogP contribution is 2.32. The molecule has 0 spiro atoms. The molecule has 1 aliphatic carbocycles. The smallest absolute Gasteiger partial charge is 0.0195 e. The van der Waals surface area contributed by atoms with Crippen LogP contribution in [0.1, 0.15) is 50.7 Å². The van der Waals surface area contributed by atoms with Crippen molar-refractivity contribution in [2.75, 3.05) is 0 Å². The van der Waals surface area contributed by atoms with Gasteiger partial charge in [-0.1, -0.05) is 38.1 Å². The van der Waals surface area contributed by atoms with Crippen LogP contribution in [0.2, 0.25) is 0 Å². The van der Waals surface area contributed by atoms with E-state index in [-0.39, 0.29) is 5.54 Å². The summed E-state index contributed by atoms with van der Waals surface area (Å²) in [6, 6.07) is 8.99. The maximum absolute atomic E-state index is 6.52. The number of hydrogen-bond acceptors (Lipinski definition) is 1. The molecule has 0 radical (unpaired) electrons. The Kier molecular flexibility index (Phi) is 3.88. The third-order valence-electron chi connectivity index (χ3n) is 4.26.